The maximum atomic E-state index is 10.9. The van der Waals surface area contributed by atoms with Crippen molar-refractivity contribution in [1.82, 2.24) is 0 Å². The highest BCUT2D eigenvalue weighted by Gasteiger charge is 2.24. The Hall–Kier alpha value is -2.56. The molecule has 2 N–H and O–H groups in total. The molecule has 5 heteroatoms. The third kappa shape index (κ3) is 2.67. The third-order valence-electron chi connectivity index (χ3n) is 3.94. The van der Waals surface area contributed by atoms with Gasteiger partial charge in [-0.15, -0.1) is 0 Å². The minimum absolute atomic E-state index is 0.140. The number of nitro benzene ring substituents is 1. The molecule has 0 saturated carbocycles. The molecule has 0 bridgehead atoms. The summed E-state index contributed by atoms with van der Waals surface area (Å²) in [6, 6.07) is 15.1. The zero-order valence-corrected chi connectivity index (χ0v) is 11.7. The van der Waals surface area contributed by atoms with Crippen molar-refractivity contribution < 1.29 is 4.92 Å². The fourth-order valence-corrected chi connectivity index (χ4v) is 2.78. The van der Waals surface area contributed by atoms with Gasteiger partial charge in [0.15, 0.2) is 0 Å². The van der Waals surface area contributed by atoms with Gasteiger partial charge in [0.25, 0.3) is 5.69 Å². The smallest absolute Gasteiger partial charge is 0.269 e. The Morgan fingerprint density at radius 1 is 1.14 bits per heavy atom. The summed E-state index contributed by atoms with van der Waals surface area (Å²) in [6.45, 7) is 2.85. The molecule has 0 saturated heterocycles. The Morgan fingerprint density at radius 2 is 1.90 bits per heavy atom. The standard InChI is InChI=1S/C16H17N3O2/c1-11-14(12-5-4-6-13(9-12)19(20)21)10-17-15-7-2-3-8-16(15)18-11/h2-9,11,14,17-18H,10H2,1H3/t11-,14-/m0/s1. The first-order valence-electron chi connectivity index (χ1n) is 6.99. The fraction of sp³-hybridized carbons (Fsp3) is 0.250. The summed E-state index contributed by atoms with van der Waals surface area (Å²) in [6.07, 6.45) is 0. The number of non-ortho nitro benzene ring substituents is 1. The van der Waals surface area contributed by atoms with Gasteiger partial charge < -0.3 is 10.6 Å². The molecule has 0 amide bonds. The van der Waals surface area contributed by atoms with Crippen LogP contribution < -0.4 is 10.6 Å². The van der Waals surface area contributed by atoms with E-state index in [2.05, 4.69) is 17.6 Å². The summed E-state index contributed by atoms with van der Waals surface area (Å²) in [5.41, 5.74) is 3.25. The van der Waals surface area contributed by atoms with Crippen molar-refractivity contribution in [2.45, 2.75) is 18.9 Å². The Kier molecular flexibility index (Phi) is 3.48. The highest BCUT2D eigenvalue weighted by atomic mass is 16.6. The Labute approximate surface area is 123 Å². The second-order valence-electron chi connectivity index (χ2n) is 5.32. The van der Waals surface area contributed by atoms with Crippen LogP contribution in [0.2, 0.25) is 0 Å². The number of rotatable bonds is 2. The fourth-order valence-electron chi connectivity index (χ4n) is 2.78. The van der Waals surface area contributed by atoms with E-state index < -0.39 is 0 Å². The van der Waals surface area contributed by atoms with Crippen molar-refractivity contribution in [3.63, 3.8) is 0 Å². The first kappa shape index (κ1) is 13.4. The molecule has 2 aromatic carbocycles. The molecule has 2 aromatic rings. The zero-order chi connectivity index (χ0) is 14.8. The molecule has 0 spiro atoms. The number of nitro groups is 1. The maximum absolute atomic E-state index is 10.9. The third-order valence-corrected chi connectivity index (χ3v) is 3.94. The lowest BCUT2D eigenvalue weighted by atomic mass is 9.92. The quantitative estimate of drug-likeness (QED) is 0.652. The second kappa shape index (κ2) is 5.44. The molecule has 1 heterocycles. The lowest BCUT2D eigenvalue weighted by Crippen LogP contribution is -2.26. The van der Waals surface area contributed by atoms with Crippen LogP contribution in [0.1, 0.15) is 18.4 Å². The van der Waals surface area contributed by atoms with Gasteiger partial charge in [0.05, 0.1) is 16.3 Å². The summed E-state index contributed by atoms with van der Waals surface area (Å²) in [5, 5.41) is 17.8. The average Bonchev–Trinajstić information content (AvgIpc) is 2.65. The second-order valence-corrected chi connectivity index (χ2v) is 5.32. The Morgan fingerprint density at radius 3 is 2.67 bits per heavy atom. The predicted molar refractivity (Wildman–Crippen MR) is 83.9 cm³/mol. The van der Waals surface area contributed by atoms with E-state index in [0.29, 0.717) is 0 Å². The van der Waals surface area contributed by atoms with Crippen LogP contribution in [0.25, 0.3) is 0 Å². The number of hydrogen-bond acceptors (Lipinski definition) is 4. The van der Waals surface area contributed by atoms with Gasteiger partial charge >= 0.3 is 0 Å². The molecule has 0 fully saturated rings. The number of anilines is 2. The minimum atomic E-state index is -0.347. The van der Waals surface area contributed by atoms with Gasteiger partial charge in [-0.2, -0.15) is 0 Å². The summed E-state index contributed by atoms with van der Waals surface area (Å²) in [7, 11) is 0. The van der Waals surface area contributed by atoms with E-state index >= 15 is 0 Å². The number of hydrogen-bond donors (Lipinski definition) is 2. The van der Waals surface area contributed by atoms with Crippen LogP contribution in [0.3, 0.4) is 0 Å². The summed E-state index contributed by atoms with van der Waals surface area (Å²) in [4.78, 5) is 10.6. The Balaban J connectivity index is 1.90. The number of nitrogens with zero attached hydrogens (tertiary/aromatic N) is 1. The molecule has 0 aromatic heterocycles. The van der Waals surface area contributed by atoms with E-state index in [1.165, 1.54) is 6.07 Å². The van der Waals surface area contributed by atoms with Crippen molar-refractivity contribution in [1.29, 1.82) is 0 Å². The van der Waals surface area contributed by atoms with Crippen LogP contribution >= 0.6 is 0 Å². The van der Waals surface area contributed by atoms with Crippen molar-refractivity contribution >= 4 is 17.1 Å². The molecule has 5 nitrogen and oxygen atoms in total. The van der Waals surface area contributed by atoms with E-state index in [1.807, 2.05) is 30.3 Å². The molecule has 1 aliphatic heterocycles. The molecule has 1 aliphatic rings. The van der Waals surface area contributed by atoms with Crippen molar-refractivity contribution in [3.8, 4) is 0 Å². The molecule has 2 atom stereocenters. The monoisotopic (exact) mass is 283 g/mol. The molecule has 108 valence electrons. The summed E-state index contributed by atoms with van der Waals surface area (Å²) in [5.74, 6) is 0.164. The van der Waals surface area contributed by atoms with Gasteiger partial charge in [-0.3, -0.25) is 10.1 Å². The Bertz CT molecular complexity index is 672. The van der Waals surface area contributed by atoms with Gasteiger partial charge in [0.2, 0.25) is 0 Å². The minimum Gasteiger partial charge on any atom is -0.383 e. The lowest BCUT2D eigenvalue weighted by molar-refractivity contribution is -0.384. The van der Waals surface area contributed by atoms with Crippen molar-refractivity contribution in [2.24, 2.45) is 0 Å². The van der Waals surface area contributed by atoms with E-state index in [-0.39, 0.29) is 22.6 Å². The van der Waals surface area contributed by atoms with Gasteiger partial charge in [-0.05, 0) is 24.6 Å². The molecular formula is C16H17N3O2. The molecule has 3 rings (SSSR count). The highest BCUT2D eigenvalue weighted by Crippen LogP contribution is 2.32. The zero-order valence-electron chi connectivity index (χ0n) is 11.7. The van der Waals surface area contributed by atoms with Crippen LogP contribution in [0, 0.1) is 10.1 Å². The predicted octanol–water partition coefficient (Wildman–Crippen LogP) is 3.60. The summed E-state index contributed by atoms with van der Waals surface area (Å²) >= 11 is 0. The van der Waals surface area contributed by atoms with Crippen LogP contribution in [0.4, 0.5) is 17.1 Å². The number of benzene rings is 2. The number of fused-ring (bicyclic) bond motifs is 1. The van der Waals surface area contributed by atoms with E-state index in [0.717, 1.165) is 23.5 Å². The lowest BCUT2D eigenvalue weighted by Gasteiger charge is -2.22. The van der Waals surface area contributed by atoms with Gasteiger partial charge in [0.1, 0.15) is 0 Å². The summed E-state index contributed by atoms with van der Waals surface area (Å²) < 4.78 is 0. The van der Waals surface area contributed by atoms with Crippen LogP contribution in [0.15, 0.2) is 48.5 Å². The van der Waals surface area contributed by atoms with E-state index in [9.17, 15) is 10.1 Å². The first-order valence-corrected chi connectivity index (χ1v) is 6.99. The topological polar surface area (TPSA) is 67.2 Å². The van der Waals surface area contributed by atoms with Crippen LogP contribution in [0.5, 0.6) is 0 Å². The first-order chi connectivity index (χ1) is 10.1. The van der Waals surface area contributed by atoms with Gasteiger partial charge in [0, 0.05) is 30.6 Å². The normalized spacial score (nSPS) is 20.6. The SMILES string of the molecule is C[C@@H]1Nc2ccccc2NC[C@@H]1c1cccc([N+](=O)[O-])c1. The molecular weight excluding hydrogens is 266 g/mol. The molecule has 0 radical (unpaired) electrons. The molecule has 21 heavy (non-hydrogen) atoms. The average molecular weight is 283 g/mol. The van der Waals surface area contributed by atoms with E-state index in [1.54, 1.807) is 12.1 Å². The van der Waals surface area contributed by atoms with Crippen LogP contribution in [-0.4, -0.2) is 17.5 Å². The van der Waals surface area contributed by atoms with Gasteiger partial charge in [-0.25, -0.2) is 0 Å². The van der Waals surface area contributed by atoms with Crippen molar-refractivity contribution in [2.75, 3.05) is 17.2 Å². The van der Waals surface area contributed by atoms with E-state index in [4.69, 9.17) is 0 Å². The van der Waals surface area contributed by atoms with Crippen LogP contribution in [-0.2, 0) is 0 Å². The highest BCUT2D eigenvalue weighted by molar-refractivity contribution is 5.70. The van der Waals surface area contributed by atoms with Gasteiger partial charge in [-0.1, -0.05) is 24.3 Å². The number of para-hydroxylation sites is 2. The molecule has 0 aliphatic carbocycles. The number of nitrogens with one attached hydrogen (secondary N) is 2. The largest absolute Gasteiger partial charge is 0.383 e. The maximum Gasteiger partial charge on any atom is 0.269 e. The van der Waals surface area contributed by atoms with Crippen molar-refractivity contribution in [3.05, 3.63) is 64.2 Å². The molecule has 0 unspecified atom stereocenters.